The molecule has 0 spiro atoms. The summed E-state index contributed by atoms with van der Waals surface area (Å²) in [7, 11) is 0. The monoisotopic (exact) mass is 280 g/mol. The third-order valence-electron chi connectivity index (χ3n) is 3.96. The average molecular weight is 280 g/mol. The number of hydrogen-bond donors (Lipinski definition) is 3. The molecule has 0 unspecified atom stereocenters. The van der Waals surface area contributed by atoms with Crippen LogP contribution in [0.5, 0.6) is 0 Å². The molecular formula is C13H20N4O3. The summed E-state index contributed by atoms with van der Waals surface area (Å²) in [6.07, 6.45) is 1.85. The van der Waals surface area contributed by atoms with Crippen molar-refractivity contribution in [2.24, 2.45) is 11.8 Å². The maximum atomic E-state index is 12.3. The van der Waals surface area contributed by atoms with E-state index >= 15 is 0 Å². The molecule has 1 aromatic rings. The number of nitrogen functional groups attached to an aromatic ring is 1. The molecule has 2 rings (SSSR count). The Balaban J connectivity index is 2.18. The third kappa shape index (κ3) is 2.76. The fraction of sp³-hybridized carbons (Fsp3) is 0.615. The Morgan fingerprint density at radius 1 is 1.25 bits per heavy atom. The van der Waals surface area contributed by atoms with Crippen LogP contribution in [0.3, 0.4) is 0 Å². The Bertz CT molecular complexity index is 609. The van der Waals surface area contributed by atoms with E-state index in [0.29, 0.717) is 24.9 Å². The van der Waals surface area contributed by atoms with Crippen molar-refractivity contribution in [1.29, 1.82) is 0 Å². The van der Waals surface area contributed by atoms with Gasteiger partial charge < -0.3 is 15.6 Å². The van der Waals surface area contributed by atoms with Gasteiger partial charge in [-0.15, -0.1) is 0 Å². The van der Waals surface area contributed by atoms with Crippen LogP contribution >= 0.6 is 0 Å². The Kier molecular flexibility index (Phi) is 3.96. The van der Waals surface area contributed by atoms with Gasteiger partial charge in [-0.3, -0.25) is 14.6 Å². The fourth-order valence-electron chi connectivity index (χ4n) is 2.59. The van der Waals surface area contributed by atoms with Gasteiger partial charge in [-0.05, 0) is 24.7 Å². The lowest BCUT2D eigenvalue weighted by Crippen LogP contribution is -2.42. The minimum atomic E-state index is -0.728. The van der Waals surface area contributed by atoms with Gasteiger partial charge in [-0.25, -0.2) is 4.79 Å². The van der Waals surface area contributed by atoms with Crippen LogP contribution in [-0.2, 0) is 0 Å². The molecule has 0 aromatic carbocycles. The van der Waals surface area contributed by atoms with Crippen LogP contribution in [0.2, 0.25) is 0 Å². The number of carbonyl (C=O) groups is 1. The van der Waals surface area contributed by atoms with Gasteiger partial charge in [0.05, 0.1) is 0 Å². The van der Waals surface area contributed by atoms with Crippen LogP contribution in [0.1, 0.15) is 37.2 Å². The summed E-state index contributed by atoms with van der Waals surface area (Å²) >= 11 is 0. The number of amides is 1. The standard InChI is InChI=1S/C13H20N4O3/c1-7(2)8-3-5-17(6-4-8)12(19)10-9(14)11(18)16-13(20)15-10/h7-8H,3-6,14H2,1-2H3,(H2,15,16,18,20). The minimum Gasteiger partial charge on any atom is -0.392 e. The summed E-state index contributed by atoms with van der Waals surface area (Å²) in [6, 6.07) is 0. The number of aromatic nitrogens is 2. The van der Waals surface area contributed by atoms with Gasteiger partial charge in [0.2, 0.25) is 0 Å². The number of nitrogens with zero attached hydrogens (tertiary/aromatic N) is 1. The molecule has 110 valence electrons. The first-order chi connectivity index (χ1) is 9.40. The second kappa shape index (κ2) is 5.52. The summed E-state index contributed by atoms with van der Waals surface area (Å²) in [6.45, 7) is 5.59. The molecule has 1 saturated heterocycles. The third-order valence-corrected chi connectivity index (χ3v) is 3.96. The van der Waals surface area contributed by atoms with E-state index in [0.717, 1.165) is 12.8 Å². The average Bonchev–Trinajstić information content (AvgIpc) is 2.42. The number of carbonyl (C=O) groups excluding carboxylic acids is 1. The molecule has 7 nitrogen and oxygen atoms in total. The summed E-state index contributed by atoms with van der Waals surface area (Å²) in [5.74, 6) is 0.819. The van der Waals surface area contributed by atoms with Crippen molar-refractivity contribution >= 4 is 11.6 Å². The van der Waals surface area contributed by atoms with Crippen LogP contribution in [0.15, 0.2) is 9.59 Å². The Morgan fingerprint density at radius 3 is 2.40 bits per heavy atom. The Morgan fingerprint density at radius 2 is 1.85 bits per heavy atom. The maximum Gasteiger partial charge on any atom is 0.326 e. The van der Waals surface area contributed by atoms with Crippen molar-refractivity contribution in [1.82, 2.24) is 14.9 Å². The molecule has 1 fully saturated rings. The predicted octanol–water partition coefficient (Wildman–Crippen LogP) is 0.154. The lowest BCUT2D eigenvalue weighted by atomic mass is 9.86. The number of anilines is 1. The molecule has 0 radical (unpaired) electrons. The van der Waals surface area contributed by atoms with E-state index < -0.39 is 11.2 Å². The van der Waals surface area contributed by atoms with Crippen molar-refractivity contribution in [3.63, 3.8) is 0 Å². The van der Waals surface area contributed by atoms with Gasteiger partial charge >= 0.3 is 5.69 Å². The molecule has 1 aliphatic rings. The predicted molar refractivity (Wildman–Crippen MR) is 75.6 cm³/mol. The smallest absolute Gasteiger partial charge is 0.326 e. The molecular weight excluding hydrogens is 260 g/mol. The van der Waals surface area contributed by atoms with Gasteiger partial charge in [0, 0.05) is 13.1 Å². The molecule has 4 N–H and O–H groups in total. The molecule has 2 heterocycles. The molecule has 0 saturated carbocycles. The Labute approximate surface area is 116 Å². The zero-order valence-electron chi connectivity index (χ0n) is 11.7. The molecule has 0 aliphatic carbocycles. The summed E-state index contributed by atoms with van der Waals surface area (Å²) in [5.41, 5.74) is 3.78. The summed E-state index contributed by atoms with van der Waals surface area (Å²) in [5, 5.41) is 0. The van der Waals surface area contributed by atoms with E-state index in [2.05, 4.69) is 18.8 Å². The number of hydrogen-bond acceptors (Lipinski definition) is 4. The van der Waals surface area contributed by atoms with Gasteiger partial charge in [-0.2, -0.15) is 0 Å². The highest BCUT2D eigenvalue weighted by atomic mass is 16.2. The number of aromatic amines is 2. The summed E-state index contributed by atoms with van der Waals surface area (Å²) < 4.78 is 0. The van der Waals surface area contributed by atoms with Gasteiger partial charge in [0.15, 0.2) is 0 Å². The van der Waals surface area contributed by atoms with Gasteiger partial charge in [0.1, 0.15) is 11.4 Å². The fourth-order valence-corrected chi connectivity index (χ4v) is 2.59. The quantitative estimate of drug-likeness (QED) is 0.716. The molecule has 0 bridgehead atoms. The van der Waals surface area contributed by atoms with Gasteiger partial charge in [0.25, 0.3) is 11.5 Å². The molecule has 20 heavy (non-hydrogen) atoms. The van der Waals surface area contributed by atoms with Crippen LogP contribution in [0.4, 0.5) is 5.69 Å². The summed E-state index contributed by atoms with van der Waals surface area (Å²) in [4.78, 5) is 41.0. The maximum absolute atomic E-state index is 12.3. The van der Waals surface area contributed by atoms with E-state index in [4.69, 9.17) is 5.73 Å². The number of nitrogens with one attached hydrogen (secondary N) is 2. The van der Waals surface area contributed by atoms with Crippen LogP contribution in [0.25, 0.3) is 0 Å². The first-order valence-corrected chi connectivity index (χ1v) is 6.81. The van der Waals surface area contributed by atoms with E-state index in [-0.39, 0.29) is 17.3 Å². The molecule has 7 heteroatoms. The van der Waals surface area contributed by atoms with Crippen molar-refractivity contribution in [2.45, 2.75) is 26.7 Å². The van der Waals surface area contributed by atoms with Crippen molar-refractivity contribution in [3.05, 3.63) is 26.5 Å². The number of nitrogens with two attached hydrogens (primary N) is 1. The number of likely N-dealkylation sites (tertiary alicyclic amines) is 1. The second-order valence-corrected chi connectivity index (χ2v) is 5.57. The van der Waals surface area contributed by atoms with Crippen LogP contribution < -0.4 is 17.0 Å². The first-order valence-electron chi connectivity index (χ1n) is 6.81. The first kappa shape index (κ1) is 14.4. The zero-order chi connectivity index (χ0) is 14.9. The van der Waals surface area contributed by atoms with E-state index in [9.17, 15) is 14.4 Å². The van der Waals surface area contributed by atoms with E-state index in [1.54, 1.807) is 4.90 Å². The largest absolute Gasteiger partial charge is 0.392 e. The normalized spacial score (nSPS) is 16.6. The van der Waals surface area contributed by atoms with Crippen LogP contribution in [0, 0.1) is 11.8 Å². The second-order valence-electron chi connectivity index (χ2n) is 5.57. The highest BCUT2D eigenvalue weighted by Gasteiger charge is 2.27. The molecule has 1 aromatic heterocycles. The van der Waals surface area contributed by atoms with E-state index in [1.807, 2.05) is 4.98 Å². The van der Waals surface area contributed by atoms with Crippen molar-refractivity contribution < 1.29 is 4.79 Å². The highest BCUT2D eigenvalue weighted by Crippen LogP contribution is 2.25. The van der Waals surface area contributed by atoms with Crippen molar-refractivity contribution in [3.8, 4) is 0 Å². The number of H-pyrrole nitrogens is 2. The minimum absolute atomic E-state index is 0.109. The molecule has 1 amide bonds. The molecule has 1 aliphatic heterocycles. The van der Waals surface area contributed by atoms with Crippen LogP contribution in [-0.4, -0.2) is 33.9 Å². The lowest BCUT2D eigenvalue weighted by molar-refractivity contribution is 0.0662. The number of piperidine rings is 1. The SMILES string of the molecule is CC(C)C1CCN(C(=O)c2[nH]c(=O)[nH]c(=O)c2N)CC1. The zero-order valence-corrected chi connectivity index (χ0v) is 11.7. The molecule has 0 atom stereocenters. The van der Waals surface area contributed by atoms with E-state index in [1.165, 1.54) is 0 Å². The topological polar surface area (TPSA) is 112 Å². The lowest BCUT2D eigenvalue weighted by Gasteiger charge is -2.33. The number of rotatable bonds is 2. The highest BCUT2D eigenvalue weighted by molar-refractivity contribution is 5.96. The van der Waals surface area contributed by atoms with Gasteiger partial charge in [-0.1, -0.05) is 13.8 Å². The van der Waals surface area contributed by atoms with Crippen molar-refractivity contribution in [2.75, 3.05) is 18.8 Å². The Hall–Kier alpha value is -2.05.